The lowest BCUT2D eigenvalue weighted by Gasteiger charge is -2.12. The van der Waals surface area contributed by atoms with Gasteiger partial charge in [0.2, 0.25) is 15.9 Å². The van der Waals surface area contributed by atoms with Crippen LogP contribution in [-0.2, 0) is 19.6 Å². The molecule has 21 heavy (non-hydrogen) atoms. The summed E-state index contributed by atoms with van der Waals surface area (Å²) >= 11 is 0. The van der Waals surface area contributed by atoms with Crippen molar-refractivity contribution < 1.29 is 17.9 Å². The van der Waals surface area contributed by atoms with Crippen LogP contribution >= 0.6 is 0 Å². The van der Waals surface area contributed by atoms with Crippen molar-refractivity contribution in [2.24, 2.45) is 5.73 Å². The number of carbonyl (C=O) groups excluding carboxylic acids is 1. The predicted octanol–water partition coefficient (Wildman–Crippen LogP) is 0.750. The van der Waals surface area contributed by atoms with Crippen LogP contribution in [0.1, 0.15) is 12.8 Å². The van der Waals surface area contributed by atoms with Gasteiger partial charge in [-0.15, -0.1) is 0 Å². The molecule has 1 atom stereocenters. The smallest absolute Gasteiger partial charge is 0.241 e. The number of benzene rings is 1. The molecular weight excluding hydrogens is 294 g/mol. The van der Waals surface area contributed by atoms with E-state index in [1.165, 1.54) is 0 Å². The quantitative estimate of drug-likeness (QED) is 0.613. The lowest BCUT2D eigenvalue weighted by Crippen LogP contribution is -2.35. The molecule has 1 amide bonds. The molecule has 0 radical (unpaired) electrons. The molecule has 0 spiro atoms. The van der Waals surface area contributed by atoms with Gasteiger partial charge in [-0.25, -0.2) is 8.42 Å². The molecule has 0 aromatic heterocycles. The van der Waals surface area contributed by atoms with Crippen LogP contribution < -0.4 is 15.8 Å². The molecule has 0 saturated heterocycles. The number of rotatable bonds is 8. The van der Waals surface area contributed by atoms with Crippen LogP contribution in [0.4, 0.5) is 11.4 Å². The van der Waals surface area contributed by atoms with Gasteiger partial charge in [-0.3, -0.25) is 9.52 Å². The van der Waals surface area contributed by atoms with E-state index in [1.54, 1.807) is 31.4 Å². The van der Waals surface area contributed by atoms with Crippen LogP contribution in [0, 0.1) is 0 Å². The molecule has 1 rings (SSSR count). The summed E-state index contributed by atoms with van der Waals surface area (Å²) in [6, 6.07) is 5.73. The van der Waals surface area contributed by atoms with Crippen LogP contribution in [0.2, 0.25) is 0 Å². The topological polar surface area (TPSA) is 111 Å². The molecule has 4 N–H and O–H groups in total. The van der Waals surface area contributed by atoms with Gasteiger partial charge in [-0.2, -0.15) is 0 Å². The Morgan fingerprint density at radius 3 is 2.38 bits per heavy atom. The Bertz CT molecular complexity index is 557. The van der Waals surface area contributed by atoms with Crippen LogP contribution in [0.5, 0.6) is 0 Å². The summed E-state index contributed by atoms with van der Waals surface area (Å²) in [4.78, 5) is 11.8. The molecule has 8 heteroatoms. The van der Waals surface area contributed by atoms with Crippen LogP contribution in [0.25, 0.3) is 0 Å². The van der Waals surface area contributed by atoms with E-state index in [0.717, 1.165) is 6.26 Å². The van der Waals surface area contributed by atoms with E-state index >= 15 is 0 Å². The number of carbonyl (C=O) groups is 1. The standard InChI is InChI=1S/C13H21N3O4S/c1-20-9-3-4-12(14)13(17)15-10-5-7-11(8-6-10)16-21(2,18)19/h5-8,12,16H,3-4,9,14H2,1-2H3,(H,15,17). The average molecular weight is 315 g/mol. The Balaban J connectivity index is 2.53. The predicted molar refractivity (Wildman–Crippen MR) is 82.6 cm³/mol. The number of nitrogens with two attached hydrogens (primary N) is 1. The molecule has 118 valence electrons. The van der Waals surface area contributed by atoms with E-state index in [9.17, 15) is 13.2 Å². The molecule has 0 aliphatic carbocycles. The first kappa shape index (κ1) is 17.4. The van der Waals surface area contributed by atoms with Gasteiger partial charge in [0.05, 0.1) is 12.3 Å². The summed E-state index contributed by atoms with van der Waals surface area (Å²) in [6.07, 6.45) is 2.32. The maximum Gasteiger partial charge on any atom is 0.241 e. The van der Waals surface area contributed by atoms with Gasteiger partial charge in [-0.1, -0.05) is 0 Å². The number of ether oxygens (including phenoxy) is 1. The number of amides is 1. The summed E-state index contributed by atoms with van der Waals surface area (Å²) in [5.41, 5.74) is 6.75. The maximum absolute atomic E-state index is 11.8. The Kier molecular flexibility index (Phi) is 6.60. The van der Waals surface area contributed by atoms with Crippen LogP contribution in [-0.4, -0.2) is 40.3 Å². The first-order valence-electron chi connectivity index (χ1n) is 6.45. The molecule has 0 aliphatic heterocycles. The van der Waals surface area contributed by atoms with Crippen molar-refractivity contribution in [3.8, 4) is 0 Å². The zero-order valence-corrected chi connectivity index (χ0v) is 12.9. The van der Waals surface area contributed by atoms with Gasteiger partial charge in [0.1, 0.15) is 0 Å². The highest BCUT2D eigenvalue weighted by Gasteiger charge is 2.13. The summed E-state index contributed by atoms with van der Waals surface area (Å²) in [6.45, 7) is 0.562. The molecule has 0 heterocycles. The van der Waals surface area contributed by atoms with E-state index in [2.05, 4.69) is 10.0 Å². The number of hydrogen-bond acceptors (Lipinski definition) is 5. The van der Waals surface area contributed by atoms with Crippen molar-refractivity contribution in [2.75, 3.05) is 30.0 Å². The zero-order valence-electron chi connectivity index (χ0n) is 12.1. The summed E-state index contributed by atoms with van der Waals surface area (Å²) < 4.78 is 29.4. The third kappa shape index (κ3) is 7.07. The van der Waals surface area contributed by atoms with Gasteiger partial charge < -0.3 is 15.8 Å². The maximum atomic E-state index is 11.8. The minimum Gasteiger partial charge on any atom is -0.385 e. The second-order valence-corrected chi connectivity index (χ2v) is 6.43. The lowest BCUT2D eigenvalue weighted by atomic mass is 10.1. The van der Waals surface area contributed by atoms with Gasteiger partial charge in [0.15, 0.2) is 0 Å². The largest absolute Gasteiger partial charge is 0.385 e. The van der Waals surface area contributed by atoms with Gasteiger partial charge in [0.25, 0.3) is 0 Å². The fourth-order valence-corrected chi connectivity index (χ4v) is 2.21. The minimum absolute atomic E-state index is 0.282. The number of methoxy groups -OCH3 is 1. The van der Waals surface area contributed by atoms with Crippen molar-refractivity contribution in [1.82, 2.24) is 0 Å². The SMILES string of the molecule is COCCCC(N)C(=O)Nc1ccc(NS(C)(=O)=O)cc1. The van der Waals surface area contributed by atoms with E-state index in [-0.39, 0.29) is 5.91 Å². The number of anilines is 2. The fourth-order valence-electron chi connectivity index (χ4n) is 1.65. The van der Waals surface area contributed by atoms with E-state index in [4.69, 9.17) is 10.5 Å². The van der Waals surface area contributed by atoms with Crippen molar-refractivity contribution in [3.63, 3.8) is 0 Å². The van der Waals surface area contributed by atoms with Crippen LogP contribution in [0.15, 0.2) is 24.3 Å². The van der Waals surface area contributed by atoms with Crippen molar-refractivity contribution in [3.05, 3.63) is 24.3 Å². The average Bonchev–Trinajstić information content (AvgIpc) is 2.39. The zero-order chi connectivity index (χ0) is 15.9. The monoisotopic (exact) mass is 315 g/mol. The van der Waals surface area contributed by atoms with Gasteiger partial charge >= 0.3 is 0 Å². The highest BCUT2D eigenvalue weighted by molar-refractivity contribution is 7.92. The Morgan fingerprint density at radius 1 is 1.29 bits per heavy atom. The van der Waals surface area contributed by atoms with E-state index < -0.39 is 16.1 Å². The molecule has 1 aromatic rings. The van der Waals surface area contributed by atoms with E-state index in [0.29, 0.717) is 30.8 Å². The first-order valence-corrected chi connectivity index (χ1v) is 8.34. The molecule has 0 bridgehead atoms. The molecule has 0 aliphatic rings. The summed E-state index contributed by atoms with van der Waals surface area (Å²) in [5.74, 6) is -0.282. The molecule has 1 unspecified atom stereocenters. The van der Waals surface area contributed by atoms with E-state index in [1.807, 2.05) is 0 Å². The summed E-state index contributed by atoms with van der Waals surface area (Å²) in [5, 5.41) is 2.68. The number of hydrogen-bond donors (Lipinski definition) is 3. The lowest BCUT2D eigenvalue weighted by molar-refractivity contribution is -0.117. The van der Waals surface area contributed by atoms with Gasteiger partial charge in [-0.05, 0) is 37.1 Å². The van der Waals surface area contributed by atoms with Crippen molar-refractivity contribution in [2.45, 2.75) is 18.9 Å². The molecular formula is C13H21N3O4S. The number of sulfonamides is 1. The Hall–Kier alpha value is -1.64. The van der Waals surface area contributed by atoms with Crippen molar-refractivity contribution in [1.29, 1.82) is 0 Å². The van der Waals surface area contributed by atoms with Gasteiger partial charge in [0, 0.05) is 25.1 Å². The molecule has 1 aromatic carbocycles. The van der Waals surface area contributed by atoms with Crippen LogP contribution in [0.3, 0.4) is 0 Å². The number of nitrogens with one attached hydrogen (secondary N) is 2. The molecule has 0 fully saturated rings. The third-order valence-corrected chi connectivity index (χ3v) is 3.26. The third-order valence-electron chi connectivity index (χ3n) is 2.66. The summed E-state index contributed by atoms with van der Waals surface area (Å²) in [7, 11) is -1.71. The fraction of sp³-hybridized carbons (Fsp3) is 0.462. The minimum atomic E-state index is -3.31. The molecule has 7 nitrogen and oxygen atoms in total. The highest BCUT2D eigenvalue weighted by Crippen LogP contribution is 2.14. The Labute approximate surface area is 124 Å². The second-order valence-electron chi connectivity index (χ2n) is 4.68. The molecule has 0 saturated carbocycles. The normalized spacial score (nSPS) is 12.7. The van der Waals surface area contributed by atoms with Crippen molar-refractivity contribution >= 4 is 27.3 Å². The Morgan fingerprint density at radius 2 is 1.86 bits per heavy atom. The first-order chi connectivity index (χ1) is 9.81. The highest BCUT2D eigenvalue weighted by atomic mass is 32.2. The second kappa shape index (κ2) is 7.96.